The van der Waals surface area contributed by atoms with Gasteiger partial charge in [-0.1, -0.05) is 54.6 Å². The quantitative estimate of drug-likeness (QED) is 0.412. The van der Waals surface area contributed by atoms with Gasteiger partial charge < -0.3 is 5.11 Å². The molecule has 21 heavy (non-hydrogen) atoms. The van der Waals surface area contributed by atoms with Gasteiger partial charge in [0.1, 0.15) is 5.57 Å². The van der Waals surface area contributed by atoms with Gasteiger partial charge in [-0.05, 0) is 11.1 Å². The summed E-state index contributed by atoms with van der Waals surface area (Å²) >= 11 is 0. The third kappa shape index (κ3) is 1.77. The molecule has 0 radical (unpaired) electrons. The first-order valence-electron chi connectivity index (χ1n) is 6.95. The summed E-state index contributed by atoms with van der Waals surface area (Å²) in [5.41, 5.74) is 5.38. The van der Waals surface area contributed by atoms with Crippen LogP contribution in [0.1, 0.15) is 11.1 Å². The lowest BCUT2D eigenvalue weighted by molar-refractivity contribution is -0.598. The van der Waals surface area contributed by atoms with Crippen LogP contribution in [0.5, 0.6) is 0 Å². The molecule has 0 fully saturated rings. The average molecular weight is 272 g/mol. The molecular weight excluding hydrogens is 258 g/mol. The number of aliphatic hydroxyl groups excluding tert-OH is 1. The van der Waals surface area contributed by atoms with E-state index in [1.807, 2.05) is 54.9 Å². The minimum Gasteiger partial charge on any atom is -0.459 e. The fourth-order valence-corrected chi connectivity index (χ4v) is 2.93. The van der Waals surface area contributed by atoms with Crippen LogP contribution in [-0.2, 0) is 0 Å². The number of benzene rings is 2. The van der Waals surface area contributed by atoms with Crippen molar-refractivity contribution in [1.29, 1.82) is 0 Å². The Kier molecular flexibility index (Phi) is 2.61. The summed E-state index contributed by atoms with van der Waals surface area (Å²) in [6, 6.07) is 22.2. The molecule has 1 aliphatic rings. The van der Waals surface area contributed by atoms with Gasteiger partial charge in [0.25, 0.3) is 0 Å². The zero-order chi connectivity index (χ0) is 14.2. The second kappa shape index (κ2) is 4.60. The lowest BCUT2D eigenvalue weighted by atomic mass is 10.0. The summed E-state index contributed by atoms with van der Waals surface area (Å²) < 4.78 is 1.74. The minimum absolute atomic E-state index is 0.257. The molecule has 1 aliphatic carbocycles. The summed E-state index contributed by atoms with van der Waals surface area (Å²) in [7, 11) is 0. The molecule has 1 N–H and O–H groups in total. The van der Waals surface area contributed by atoms with Gasteiger partial charge in [0.05, 0.1) is 0 Å². The molecule has 0 saturated carbocycles. The molecule has 2 aromatic carbocycles. The Bertz CT molecular complexity index is 803. The van der Waals surface area contributed by atoms with E-state index in [2.05, 4.69) is 24.3 Å². The van der Waals surface area contributed by atoms with Crippen molar-refractivity contribution in [2.45, 2.75) is 0 Å². The molecule has 0 aliphatic heterocycles. The topological polar surface area (TPSA) is 24.1 Å². The lowest BCUT2D eigenvalue weighted by Crippen LogP contribution is -2.31. The highest BCUT2D eigenvalue weighted by Crippen LogP contribution is 2.44. The van der Waals surface area contributed by atoms with Gasteiger partial charge in [0.15, 0.2) is 12.4 Å². The predicted molar refractivity (Wildman–Crippen MR) is 83.4 cm³/mol. The molecule has 100 valence electrons. The number of rotatable bonds is 1. The summed E-state index contributed by atoms with van der Waals surface area (Å²) in [5, 5.41) is 10.8. The zero-order valence-electron chi connectivity index (χ0n) is 11.4. The molecule has 0 bridgehead atoms. The number of aliphatic hydroxyl groups is 1. The Morgan fingerprint density at radius 2 is 1.10 bits per heavy atom. The maximum Gasteiger partial charge on any atom is 0.379 e. The van der Waals surface area contributed by atoms with E-state index in [0.717, 1.165) is 16.7 Å². The van der Waals surface area contributed by atoms with Gasteiger partial charge in [-0.25, -0.2) is 0 Å². The van der Waals surface area contributed by atoms with Gasteiger partial charge >= 0.3 is 5.88 Å². The molecule has 0 atom stereocenters. The summed E-state index contributed by atoms with van der Waals surface area (Å²) in [6.45, 7) is 0. The van der Waals surface area contributed by atoms with E-state index >= 15 is 0 Å². The maximum atomic E-state index is 10.8. The van der Waals surface area contributed by atoms with E-state index in [1.165, 1.54) is 11.1 Å². The number of fused-ring (bicyclic) bond motifs is 3. The smallest absolute Gasteiger partial charge is 0.379 e. The predicted octanol–water partition coefficient (Wildman–Crippen LogP) is 3.89. The first-order valence-corrected chi connectivity index (χ1v) is 6.95. The Morgan fingerprint density at radius 3 is 1.62 bits per heavy atom. The van der Waals surface area contributed by atoms with Crippen molar-refractivity contribution >= 4 is 11.5 Å². The molecule has 0 spiro atoms. The van der Waals surface area contributed by atoms with E-state index < -0.39 is 0 Å². The Morgan fingerprint density at radius 1 is 0.619 bits per heavy atom. The van der Waals surface area contributed by atoms with Gasteiger partial charge in [-0.2, -0.15) is 0 Å². The van der Waals surface area contributed by atoms with Gasteiger partial charge in [-0.15, -0.1) is 4.57 Å². The largest absolute Gasteiger partial charge is 0.459 e. The molecule has 0 unspecified atom stereocenters. The highest BCUT2D eigenvalue weighted by atomic mass is 16.3. The molecule has 0 amide bonds. The highest BCUT2D eigenvalue weighted by molar-refractivity contribution is 6.05. The molecule has 1 aromatic heterocycles. The molecule has 3 aromatic rings. The van der Waals surface area contributed by atoms with Crippen LogP contribution in [0.3, 0.4) is 0 Å². The molecule has 2 nitrogen and oxygen atoms in total. The van der Waals surface area contributed by atoms with Crippen molar-refractivity contribution in [1.82, 2.24) is 0 Å². The van der Waals surface area contributed by atoms with Crippen LogP contribution >= 0.6 is 0 Å². The van der Waals surface area contributed by atoms with E-state index in [-0.39, 0.29) is 5.88 Å². The minimum atomic E-state index is 0.257. The number of hydrogen-bond acceptors (Lipinski definition) is 1. The molecular formula is C19H14NO+. The van der Waals surface area contributed by atoms with E-state index in [1.54, 1.807) is 4.57 Å². The third-order valence-corrected chi connectivity index (χ3v) is 3.87. The second-order valence-electron chi connectivity index (χ2n) is 5.07. The van der Waals surface area contributed by atoms with Crippen molar-refractivity contribution in [2.24, 2.45) is 0 Å². The second-order valence-corrected chi connectivity index (χ2v) is 5.07. The first-order chi connectivity index (χ1) is 10.4. The number of pyridine rings is 1. The van der Waals surface area contributed by atoms with Crippen LogP contribution in [0.15, 0.2) is 79.1 Å². The first kappa shape index (κ1) is 11.9. The van der Waals surface area contributed by atoms with Gasteiger partial charge in [0, 0.05) is 23.3 Å². The molecule has 4 rings (SSSR count). The molecule has 1 heterocycles. The maximum absolute atomic E-state index is 10.8. The van der Waals surface area contributed by atoms with Crippen LogP contribution in [0.2, 0.25) is 0 Å². The average Bonchev–Trinajstić information content (AvgIpc) is 2.90. The van der Waals surface area contributed by atoms with Crippen LogP contribution < -0.4 is 4.57 Å². The van der Waals surface area contributed by atoms with Gasteiger partial charge in [0.2, 0.25) is 0 Å². The Labute approximate surface area is 123 Å². The van der Waals surface area contributed by atoms with Crippen LogP contribution in [0, 0.1) is 0 Å². The van der Waals surface area contributed by atoms with Crippen molar-refractivity contribution in [3.8, 4) is 11.1 Å². The normalized spacial score (nSPS) is 11.9. The van der Waals surface area contributed by atoms with Crippen molar-refractivity contribution in [3.05, 3.63) is 90.3 Å². The number of aromatic nitrogens is 1. The fraction of sp³-hybridized carbons (Fsp3) is 0. The van der Waals surface area contributed by atoms with E-state index in [9.17, 15) is 5.11 Å². The third-order valence-electron chi connectivity index (χ3n) is 3.87. The summed E-state index contributed by atoms with van der Waals surface area (Å²) in [6.07, 6.45) is 3.71. The monoisotopic (exact) mass is 272 g/mol. The fourth-order valence-electron chi connectivity index (χ4n) is 2.93. The summed E-state index contributed by atoms with van der Waals surface area (Å²) in [4.78, 5) is 0. The van der Waals surface area contributed by atoms with E-state index in [0.29, 0.717) is 0 Å². The molecule has 2 heteroatoms. The van der Waals surface area contributed by atoms with Crippen molar-refractivity contribution < 1.29 is 9.67 Å². The van der Waals surface area contributed by atoms with Crippen LogP contribution in [0.4, 0.5) is 0 Å². The van der Waals surface area contributed by atoms with Crippen molar-refractivity contribution in [2.75, 3.05) is 0 Å². The standard InChI is InChI=1S/C19H13NO/c21-19(20-12-6-1-7-13-20)18-16-10-4-2-8-14(16)15-9-3-5-11-17(15)18/h1-13H/p+1. The highest BCUT2D eigenvalue weighted by Gasteiger charge is 2.29. The van der Waals surface area contributed by atoms with Crippen LogP contribution in [0.25, 0.3) is 22.6 Å². The number of hydrogen-bond donors (Lipinski definition) is 1. The number of nitrogens with zero attached hydrogens (tertiary/aromatic N) is 1. The van der Waals surface area contributed by atoms with Gasteiger partial charge in [-0.3, -0.25) is 0 Å². The summed E-state index contributed by atoms with van der Waals surface area (Å²) in [5.74, 6) is 0.257. The SMILES string of the molecule is OC(=C1c2ccccc2-c2ccccc21)[n+]1ccccc1. The Balaban J connectivity index is 2.06. The van der Waals surface area contributed by atoms with Crippen LogP contribution in [-0.4, -0.2) is 5.11 Å². The lowest BCUT2D eigenvalue weighted by Gasteiger charge is -2.02. The zero-order valence-corrected chi connectivity index (χ0v) is 11.4. The Hall–Kier alpha value is -2.87. The van der Waals surface area contributed by atoms with E-state index in [4.69, 9.17) is 0 Å². The van der Waals surface area contributed by atoms with Crippen molar-refractivity contribution in [3.63, 3.8) is 0 Å². The molecule has 0 saturated heterocycles.